The van der Waals surface area contributed by atoms with E-state index in [4.69, 9.17) is 15.2 Å². The lowest BCUT2D eigenvalue weighted by molar-refractivity contribution is -0.274. The highest BCUT2D eigenvalue weighted by atomic mass is 19.4. The number of benzene rings is 3. The lowest BCUT2D eigenvalue weighted by Crippen LogP contribution is -2.26. The molecule has 0 spiro atoms. The minimum atomic E-state index is -4.77. The average Bonchev–Trinajstić information content (AvgIpc) is 2.94. The number of nitriles is 1. The standard InChI is InChI=1S/C31H27F3N4O2/c1-20(19-35)8-6-7-11-27-29(23-9-4-3-5-10-23)38-26-17-14-24(18-28(26)37-27)30(39)36-21(2)22-12-15-25(16-13-22)40-31(32,33)34/h3-5,9-10,12-18,21H,1,6-8,11H2,2H3,(H,36,39). The van der Waals surface area contributed by atoms with Gasteiger partial charge in [-0.1, -0.05) is 49.0 Å². The fourth-order valence-corrected chi connectivity index (χ4v) is 4.24. The van der Waals surface area contributed by atoms with Crippen LogP contribution >= 0.6 is 0 Å². The molecule has 1 aromatic heterocycles. The summed E-state index contributed by atoms with van der Waals surface area (Å²) < 4.78 is 41.2. The maximum atomic E-state index is 13.0. The largest absolute Gasteiger partial charge is 0.573 e. The van der Waals surface area contributed by atoms with Gasteiger partial charge < -0.3 is 10.1 Å². The van der Waals surface area contributed by atoms with Gasteiger partial charge in [0.05, 0.1) is 34.5 Å². The lowest BCUT2D eigenvalue weighted by atomic mass is 10.0. The van der Waals surface area contributed by atoms with E-state index in [-0.39, 0.29) is 11.7 Å². The third-order valence-electron chi connectivity index (χ3n) is 6.31. The van der Waals surface area contributed by atoms with Crippen LogP contribution in [0.5, 0.6) is 5.75 Å². The van der Waals surface area contributed by atoms with Crippen LogP contribution in [0.4, 0.5) is 13.2 Å². The molecule has 1 heterocycles. The van der Waals surface area contributed by atoms with E-state index in [1.807, 2.05) is 30.3 Å². The average molecular weight is 545 g/mol. The summed E-state index contributed by atoms with van der Waals surface area (Å²) in [4.78, 5) is 22.8. The number of fused-ring (bicyclic) bond motifs is 1. The topological polar surface area (TPSA) is 87.9 Å². The van der Waals surface area contributed by atoms with Crippen LogP contribution in [0.25, 0.3) is 22.3 Å². The third-order valence-corrected chi connectivity index (χ3v) is 6.31. The molecule has 204 valence electrons. The van der Waals surface area contributed by atoms with Crippen LogP contribution in [0.15, 0.2) is 84.9 Å². The van der Waals surface area contributed by atoms with E-state index in [1.165, 1.54) is 24.3 Å². The Morgan fingerprint density at radius 2 is 1.75 bits per heavy atom. The van der Waals surface area contributed by atoms with Crippen LogP contribution in [0.3, 0.4) is 0 Å². The molecule has 3 aromatic carbocycles. The molecule has 4 aromatic rings. The van der Waals surface area contributed by atoms with Gasteiger partial charge in [-0.3, -0.25) is 4.79 Å². The Hall–Kier alpha value is -4.71. The number of aryl methyl sites for hydroxylation is 1. The minimum Gasteiger partial charge on any atom is -0.406 e. The molecule has 9 heteroatoms. The molecular formula is C31H27F3N4O2. The van der Waals surface area contributed by atoms with Gasteiger partial charge in [0.15, 0.2) is 0 Å². The maximum Gasteiger partial charge on any atom is 0.573 e. The van der Waals surface area contributed by atoms with Gasteiger partial charge in [-0.15, -0.1) is 13.2 Å². The smallest absolute Gasteiger partial charge is 0.406 e. The van der Waals surface area contributed by atoms with Gasteiger partial charge in [0.25, 0.3) is 5.91 Å². The lowest BCUT2D eigenvalue weighted by Gasteiger charge is -2.16. The second-order valence-corrected chi connectivity index (χ2v) is 9.32. The van der Waals surface area contributed by atoms with Crippen LogP contribution in [-0.2, 0) is 6.42 Å². The molecule has 1 atom stereocenters. The van der Waals surface area contributed by atoms with Crippen LogP contribution in [0.1, 0.15) is 53.8 Å². The maximum absolute atomic E-state index is 13.0. The van der Waals surface area contributed by atoms with Crippen molar-refractivity contribution in [2.75, 3.05) is 0 Å². The van der Waals surface area contributed by atoms with E-state index in [9.17, 15) is 18.0 Å². The summed E-state index contributed by atoms with van der Waals surface area (Å²) in [6.45, 7) is 5.47. The number of hydrogen-bond donors (Lipinski definition) is 1. The van der Waals surface area contributed by atoms with Gasteiger partial charge in [0, 0.05) is 16.7 Å². The summed E-state index contributed by atoms with van der Waals surface area (Å²) in [6, 6.07) is 21.8. The molecule has 0 radical (unpaired) electrons. The number of halogens is 3. The number of carbonyl (C=O) groups excluding carboxylic acids is 1. The van der Waals surface area contributed by atoms with E-state index in [0.717, 1.165) is 29.8 Å². The minimum absolute atomic E-state index is 0.330. The molecule has 0 fully saturated rings. The van der Waals surface area contributed by atoms with Crippen LogP contribution in [-0.4, -0.2) is 22.2 Å². The normalized spacial score (nSPS) is 12.0. The molecule has 0 aliphatic carbocycles. The Labute approximate surface area is 230 Å². The number of alkyl halides is 3. The summed E-state index contributed by atoms with van der Waals surface area (Å²) in [6.07, 6.45) is -1.91. The van der Waals surface area contributed by atoms with E-state index in [0.29, 0.717) is 40.6 Å². The fraction of sp³-hybridized carbons (Fsp3) is 0.226. The number of aromatic nitrogens is 2. The summed E-state index contributed by atoms with van der Waals surface area (Å²) in [5, 5.41) is 11.8. The molecule has 0 saturated heterocycles. The first-order valence-electron chi connectivity index (χ1n) is 12.7. The predicted octanol–water partition coefficient (Wildman–Crippen LogP) is 7.48. The first-order valence-corrected chi connectivity index (χ1v) is 12.7. The number of nitrogens with zero attached hydrogens (tertiary/aromatic N) is 3. The first-order chi connectivity index (χ1) is 19.1. The monoisotopic (exact) mass is 544 g/mol. The highest BCUT2D eigenvalue weighted by Gasteiger charge is 2.31. The Balaban J connectivity index is 1.54. The number of carbonyl (C=O) groups is 1. The van der Waals surface area contributed by atoms with Crippen molar-refractivity contribution in [3.8, 4) is 23.1 Å². The zero-order chi connectivity index (χ0) is 28.7. The second kappa shape index (κ2) is 12.4. The Morgan fingerprint density at radius 3 is 2.42 bits per heavy atom. The van der Waals surface area contributed by atoms with Crippen LogP contribution < -0.4 is 10.1 Å². The molecule has 1 amide bonds. The number of unbranched alkanes of at least 4 members (excludes halogenated alkanes) is 1. The number of allylic oxidation sites excluding steroid dienone is 1. The number of ether oxygens (including phenoxy) is 1. The summed E-state index contributed by atoms with van der Waals surface area (Å²) in [5.74, 6) is -0.681. The Bertz CT molecular complexity index is 1550. The zero-order valence-electron chi connectivity index (χ0n) is 21.8. The van der Waals surface area contributed by atoms with Crippen molar-refractivity contribution in [1.29, 1.82) is 5.26 Å². The van der Waals surface area contributed by atoms with E-state index in [1.54, 1.807) is 25.1 Å². The van der Waals surface area contributed by atoms with E-state index in [2.05, 4.69) is 22.7 Å². The Morgan fingerprint density at radius 1 is 1.02 bits per heavy atom. The van der Waals surface area contributed by atoms with E-state index < -0.39 is 12.4 Å². The molecule has 1 unspecified atom stereocenters. The molecule has 0 saturated carbocycles. The molecule has 6 nitrogen and oxygen atoms in total. The van der Waals surface area contributed by atoms with Gasteiger partial charge in [0.2, 0.25) is 0 Å². The van der Waals surface area contributed by atoms with Crippen molar-refractivity contribution in [3.05, 3.63) is 102 Å². The van der Waals surface area contributed by atoms with Crippen LogP contribution in [0, 0.1) is 11.3 Å². The quantitative estimate of drug-likeness (QED) is 0.165. The Kier molecular flexibility index (Phi) is 8.80. The van der Waals surface area contributed by atoms with Gasteiger partial charge >= 0.3 is 6.36 Å². The predicted molar refractivity (Wildman–Crippen MR) is 146 cm³/mol. The molecule has 40 heavy (non-hydrogen) atoms. The number of amides is 1. The molecular weight excluding hydrogens is 517 g/mol. The summed E-state index contributed by atoms with van der Waals surface area (Å²) >= 11 is 0. The molecule has 0 aliphatic rings. The number of rotatable bonds is 10. The zero-order valence-corrected chi connectivity index (χ0v) is 21.8. The van der Waals surface area contributed by atoms with Gasteiger partial charge in [0.1, 0.15) is 5.75 Å². The fourth-order valence-electron chi connectivity index (χ4n) is 4.24. The van der Waals surface area contributed by atoms with Crippen molar-refractivity contribution in [2.24, 2.45) is 0 Å². The van der Waals surface area contributed by atoms with Gasteiger partial charge in [-0.2, -0.15) is 5.26 Å². The highest BCUT2D eigenvalue weighted by Crippen LogP contribution is 2.27. The van der Waals surface area contributed by atoms with E-state index >= 15 is 0 Å². The van der Waals surface area contributed by atoms with Crippen molar-refractivity contribution in [3.63, 3.8) is 0 Å². The SMILES string of the molecule is C=C(C#N)CCCCc1nc2cc(C(=O)NC(C)c3ccc(OC(F)(F)F)cc3)ccc2nc1-c1ccccc1. The molecule has 1 N–H and O–H groups in total. The number of nitrogens with one attached hydrogen (secondary N) is 1. The van der Waals surface area contributed by atoms with Gasteiger partial charge in [-0.25, -0.2) is 9.97 Å². The second-order valence-electron chi connectivity index (χ2n) is 9.32. The molecule has 0 aliphatic heterocycles. The summed E-state index contributed by atoms with van der Waals surface area (Å²) in [5.41, 5.74) is 5.28. The van der Waals surface area contributed by atoms with Crippen LogP contribution in [0.2, 0.25) is 0 Å². The van der Waals surface area contributed by atoms with Crippen molar-refractivity contribution in [2.45, 2.75) is 45.0 Å². The number of hydrogen-bond acceptors (Lipinski definition) is 5. The third kappa shape index (κ3) is 7.44. The highest BCUT2D eigenvalue weighted by molar-refractivity contribution is 5.97. The van der Waals surface area contributed by atoms with Crippen molar-refractivity contribution >= 4 is 16.9 Å². The summed E-state index contributed by atoms with van der Waals surface area (Å²) in [7, 11) is 0. The van der Waals surface area contributed by atoms with Crippen molar-refractivity contribution < 1.29 is 22.7 Å². The van der Waals surface area contributed by atoms with Gasteiger partial charge in [-0.05, 0) is 68.5 Å². The van der Waals surface area contributed by atoms with Crippen molar-refractivity contribution in [1.82, 2.24) is 15.3 Å². The molecule has 0 bridgehead atoms. The first kappa shape index (κ1) is 28.3. The molecule has 4 rings (SSSR count).